The second kappa shape index (κ2) is 2.25. The average molecular weight is 154 g/mol. The summed E-state index contributed by atoms with van der Waals surface area (Å²) in [6, 6.07) is 0. The SMILES string of the molecule is FC(F)(F)C1C=CCS1. The van der Waals surface area contributed by atoms with Gasteiger partial charge in [-0.15, -0.1) is 11.8 Å². The lowest BCUT2D eigenvalue weighted by atomic mass is 10.4. The number of hydrogen-bond donors (Lipinski definition) is 0. The lowest BCUT2D eigenvalue weighted by Gasteiger charge is -2.10. The molecule has 0 saturated heterocycles. The molecule has 0 N–H and O–H groups in total. The first-order valence-electron chi connectivity index (χ1n) is 2.45. The third-order valence-electron chi connectivity index (χ3n) is 1.01. The maximum Gasteiger partial charge on any atom is 0.403 e. The summed E-state index contributed by atoms with van der Waals surface area (Å²) < 4.78 is 35.1. The molecule has 0 bridgehead atoms. The van der Waals surface area contributed by atoms with E-state index in [9.17, 15) is 13.2 Å². The standard InChI is InChI=1S/C5H5F3S/c6-5(7,8)4-2-1-3-9-4/h1-2,4H,3H2. The molecule has 0 aliphatic carbocycles. The number of hydrogen-bond acceptors (Lipinski definition) is 1. The van der Waals surface area contributed by atoms with Crippen molar-refractivity contribution >= 4 is 11.8 Å². The van der Waals surface area contributed by atoms with E-state index in [2.05, 4.69) is 0 Å². The fraction of sp³-hybridized carbons (Fsp3) is 0.600. The molecule has 1 heterocycles. The third kappa shape index (κ3) is 1.64. The van der Waals surface area contributed by atoms with Gasteiger partial charge in [-0.05, 0) is 0 Å². The lowest BCUT2D eigenvalue weighted by Crippen LogP contribution is -2.21. The maximum atomic E-state index is 11.7. The molecule has 1 unspecified atom stereocenters. The van der Waals surface area contributed by atoms with Crippen molar-refractivity contribution in [2.45, 2.75) is 11.4 Å². The number of alkyl halides is 3. The molecular formula is C5H5F3S. The Kier molecular flexibility index (Phi) is 1.75. The summed E-state index contributed by atoms with van der Waals surface area (Å²) >= 11 is 0.913. The molecule has 4 heteroatoms. The minimum Gasteiger partial charge on any atom is -0.169 e. The molecule has 0 aromatic carbocycles. The van der Waals surface area contributed by atoms with Crippen LogP contribution in [-0.2, 0) is 0 Å². The van der Waals surface area contributed by atoms with Crippen LogP contribution in [0, 0.1) is 0 Å². The predicted octanol–water partition coefficient (Wildman–Crippen LogP) is 2.22. The smallest absolute Gasteiger partial charge is 0.169 e. The van der Waals surface area contributed by atoms with Crippen LogP contribution < -0.4 is 0 Å². The third-order valence-corrected chi connectivity index (χ3v) is 2.17. The van der Waals surface area contributed by atoms with Crippen LogP contribution in [0.3, 0.4) is 0 Å². The van der Waals surface area contributed by atoms with E-state index in [0.29, 0.717) is 5.75 Å². The minimum absolute atomic E-state index is 0.490. The maximum absolute atomic E-state index is 11.7. The van der Waals surface area contributed by atoms with Crippen molar-refractivity contribution in [2.75, 3.05) is 5.75 Å². The zero-order valence-corrected chi connectivity index (χ0v) is 5.30. The molecule has 0 radical (unpaired) electrons. The van der Waals surface area contributed by atoms with Gasteiger partial charge in [0.05, 0.1) is 0 Å². The van der Waals surface area contributed by atoms with Crippen LogP contribution in [0.4, 0.5) is 13.2 Å². The zero-order valence-electron chi connectivity index (χ0n) is 4.48. The Morgan fingerprint density at radius 2 is 2.11 bits per heavy atom. The normalized spacial score (nSPS) is 27.2. The molecule has 0 nitrogen and oxygen atoms in total. The molecule has 1 aliphatic heterocycles. The van der Waals surface area contributed by atoms with E-state index in [0.717, 1.165) is 11.8 Å². The first-order chi connectivity index (χ1) is 4.11. The highest BCUT2D eigenvalue weighted by molar-refractivity contribution is 8.00. The van der Waals surface area contributed by atoms with Crippen molar-refractivity contribution in [3.8, 4) is 0 Å². The lowest BCUT2D eigenvalue weighted by molar-refractivity contribution is -0.119. The van der Waals surface area contributed by atoms with Gasteiger partial charge in [-0.2, -0.15) is 13.2 Å². The average Bonchev–Trinajstić information content (AvgIpc) is 2.08. The van der Waals surface area contributed by atoms with Crippen LogP contribution >= 0.6 is 11.8 Å². The van der Waals surface area contributed by atoms with E-state index >= 15 is 0 Å². The fourth-order valence-corrected chi connectivity index (χ4v) is 1.44. The molecule has 9 heavy (non-hydrogen) atoms. The van der Waals surface area contributed by atoms with Gasteiger partial charge < -0.3 is 0 Å². The van der Waals surface area contributed by atoms with Crippen molar-refractivity contribution in [1.82, 2.24) is 0 Å². The Hall–Kier alpha value is -0.120. The quantitative estimate of drug-likeness (QED) is 0.482. The number of halogens is 3. The van der Waals surface area contributed by atoms with Crippen LogP contribution in [0.1, 0.15) is 0 Å². The molecule has 0 saturated carbocycles. The predicted molar refractivity (Wildman–Crippen MR) is 31.4 cm³/mol. The van der Waals surface area contributed by atoms with Crippen LogP contribution in [-0.4, -0.2) is 17.2 Å². The van der Waals surface area contributed by atoms with Gasteiger partial charge in [0.25, 0.3) is 0 Å². The van der Waals surface area contributed by atoms with Crippen molar-refractivity contribution in [3.63, 3.8) is 0 Å². The summed E-state index contributed by atoms with van der Waals surface area (Å²) in [6.07, 6.45) is -1.30. The molecule has 1 rings (SSSR count). The Labute approximate surface area is 55.1 Å². The molecule has 0 spiro atoms. The Morgan fingerprint density at radius 1 is 1.44 bits per heavy atom. The summed E-state index contributed by atoms with van der Waals surface area (Å²) in [4.78, 5) is 0. The highest BCUT2D eigenvalue weighted by Gasteiger charge is 2.39. The van der Waals surface area contributed by atoms with Gasteiger partial charge in [0, 0.05) is 5.75 Å². The van der Waals surface area contributed by atoms with Crippen molar-refractivity contribution in [1.29, 1.82) is 0 Å². The highest BCUT2D eigenvalue weighted by Crippen LogP contribution is 2.34. The van der Waals surface area contributed by atoms with Gasteiger partial charge in [0.2, 0.25) is 0 Å². The summed E-state index contributed by atoms with van der Waals surface area (Å²) in [5.74, 6) is 0.490. The molecule has 1 aliphatic rings. The molecule has 0 aromatic rings. The second-order valence-corrected chi connectivity index (χ2v) is 2.90. The van der Waals surface area contributed by atoms with Crippen LogP contribution in [0.25, 0.3) is 0 Å². The van der Waals surface area contributed by atoms with E-state index in [-0.39, 0.29) is 0 Å². The van der Waals surface area contributed by atoms with E-state index in [1.54, 1.807) is 6.08 Å². The van der Waals surface area contributed by atoms with Gasteiger partial charge in [0.15, 0.2) is 0 Å². The monoisotopic (exact) mass is 154 g/mol. The topological polar surface area (TPSA) is 0 Å². The van der Waals surface area contributed by atoms with Crippen LogP contribution in [0.15, 0.2) is 12.2 Å². The van der Waals surface area contributed by atoms with Gasteiger partial charge in [-0.3, -0.25) is 0 Å². The van der Waals surface area contributed by atoms with Crippen LogP contribution in [0.5, 0.6) is 0 Å². The molecule has 0 aromatic heterocycles. The number of thioether (sulfide) groups is 1. The van der Waals surface area contributed by atoms with Crippen molar-refractivity contribution in [2.24, 2.45) is 0 Å². The van der Waals surface area contributed by atoms with E-state index < -0.39 is 11.4 Å². The molecular weight excluding hydrogens is 149 g/mol. The Bertz CT molecular complexity index is 127. The summed E-state index contributed by atoms with van der Waals surface area (Å²) in [6.45, 7) is 0. The fourth-order valence-electron chi connectivity index (χ4n) is 0.598. The van der Waals surface area contributed by atoms with E-state index in [1.807, 2.05) is 0 Å². The highest BCUT2D eigenvalue weighted by atomic mass is 32.2. The molecule has 0 amide bonds. The van der Waals surface area contributed by atoms with Gasteiger partial charge >= 0.3 is 6.18 Å². The molecule has 1 atom stereocenters. The summed E-state index contributed by atoms with van der Waals surface area (Å²) in [7, 11) is 0. The van der Waals surface area contributed by atoms with Crippen molar-refractivity contribution < 1.29 is 13.2 Å². The minimum atomic E-state index is -4.04. The van der Waals surface area contributed by atoms with E-state index in [1.165, 1.54) is 6.08 Å². The molecule has 0 fully saturated rings. The summed E-state index contributed by atoms with van der Waals surface area (Å²) in [5.41, 5.74) is 0. The Morgan fingerprint density at radius 3 is 2.33 bits per heavy atom. The summed E-state index contributed by atoms with van der Waals surface area (Å²) in [5, 5.41) is -1.25. The van der Waals surface area contributed by atoms with Gasteiger partial charge in [0.1, 0.15) is 5.25 Å². The van der Waals surface area contributed by atoms with Crippen molar-refractivity contribution in [3.05, 3.63) is 12.2 Å². The Balaban J connectivity index is 2.53. The van der Waals surface area contributed by atoms with Gasteiger partial charge in [-0.25, -0.2) is 0 Å². The molecule has 52 valence electrons. The number of rotatable bonds is 0. The first-order valence-corrected chi connectivity index (χ1v) is 3.50. The largest absolute Gasteiger partial charge is 0.403 e. The van der Waals surface area contributed by atoms with Gasteiger partial charge in [-0.1, -0.05) is 12.2 Å². The van der Waals surface area contributed by atoms with Crippen LogP contribution in [0.2, 0.25) is 0 Å². The zero-order chi connectivity index (χ0) is 6.91. The second-order valence-electron chi connectivity index (χ2n) is 1.72. The van der Waals surface area contributed by atoms with E-state index in [4.69, 9.17) is 0 Å². The first kappa shape index (κ1) is 6.99.